The molecule has 3 aliphatic rings. The molecule has 1 N–H and O–H groups in total. The number of allylic oxidation sites excluding steroid dienone is 5. The van der Waals surface area contributed by atoms with Crippen LogP contribution in [0.3, 0.4) is 0 Å². The Morgan fingerprint density at radius 3 is 2.39 bits per heavy atom. The molecule has 0 aromatic heterocycles. The fraction of sp³-hybridized carbons (Fsp3) is 0.364. The van der Waals surface area contributed by atoms with Crippen molar-refractivity contribution in [2.75, 3.05) is 6.54 Å². The number of fused-ring (bicyclic) bond motifs is 1. The van der Waals surface area contributed by atoms with Crippen molar-refractivity contribution in [1.29, 1.82) is 0 Å². The fourth-order valence-corrected chi connectivity index (χ4v) is 4.75. The Labute approximate surface area is 172 Å². The van der Waals surface area contributed by atoms with Gasteiger partial charge in [0.15, 0.2) is 0 Å². The van der Waals surface area contributed by atoms with Gasteiger partial charge in [-0.2, -0.15) is 0 Å². The van der Waals surface area contributed by atoms with Crippen LogP contribution >= 0.6 is 11.6 Å². The van der Waals surface area contributed by atoms with Crippen LogP contribution in [0.5, 0.6) is 0 Å². The molecule has 0 atom stereocenters. The van der Waals surface area contributed by atoms with Gasteiger partial charge in [0, 0.05) is 6.54 Å². The molecular weight excluding hydrogens is 392 g/mol. The van der Waals surface area contributed by atoms with E-state index in [9.17, 15) is 8.42 Å². The Morgan fingerprint density at radius 1 is 1.11 bits per heavy atom. The highest BCUT2D eigenvalue weighted by molar-refractivity contribution is 7.89. The molecule has 1 aromatic carbocycles. The van der Waals surface area contributed by atoms with Crippen molar-refractivity contribution < 1.29 is 8.42 Å². The van der Waals surface area contributed by atoms with Crippen molar-refractivity contribution in [3.05, 3.63) is 76.3 Å². The van der Waals surface area contributed by atoms with Crippen molar-refractivity contribution in [2.45, 2.75) is 43.9 Å². The molecule has 0 bridgehead atoms. The van der Waals surface area contributed by atoms with Crippen molar-refractivity contribution in [2.24, 2.45) is 5.92 Å². The van der Waals surface area contributed by atoms with Gasteiger partial charge in [0.1, 0.15) is 5.82 Å². The third kappa shape index (κ3) is 3.78. The second-order valence-electron chi connectivity index (χ2n) is 8.56. The smallest absolute Gasteiger partial charge is 0.262 e. The second-order valence-corrected chi connectivity index (χ2v) is 10.7. The molecule has 2 aliphatic heterocycles. The quantitative estimate of drug-likeness (QED) is 0.768. The standard InChI is InChI=1S/C22H25ClN2O2S/c1-22(2,3)17-6-8-18(9-7-17)28(26,27)24-21-11-10-19(23)20-14-16(15-4-5-15)12-13-25(20)21/h6-12,14-15,24H,4-5,13H2,1-3H3. The van der Waals surface area contributed by atoms with Gasteiger partial charge in [0.2, 0.25) is 0 Å². The average molecular weight is 417 g/mol. The minimum atomic E-state index is -3.69. The number of hydrogen-bond donors (Lipinski definition) is 1. The SMILES string of the molecule is CC(C)(C)c1ccc(S(=O)(=O)NC2=CC=C(Cl)C3=CC(C4CC4)=CCN23)cc1. The topological polar surface area (TPSA) is 49.4 Å². The molecule has 0 saturated heterocycles. The molecule has 0 unspecified atom stereocenters. The van der Waals surface area contributed by atoms with Crippen molar-refractivity contribution in [3.63, 3.8) is 0 Å². The largest absolute Gasteiger partial charge is 0.322 e. The van der Waals surface area contributed by atoms with Crippen LogP contribution in [0.15, 0.2) is 75.6 Å². The van der Waals surface area contributed by atoms with Gasteiger partial charge in [-0.25, -0.2) is 8.42 Å². The first-order valence-electron chi connectivity index (χ1n) is 9.56. The van der Waals surface area contributed by atoms with E-state index in [4.69, 9.17) is 11.6 Å². The summed E-state index contributed by atoms with van der Waals surface area (Å²) in [6.45, 7) is 6.92. The highest BCUT2D eigenvalue weighted by atomic mass is 35.5. The molecule has 0 spiro atoms. The summed E-state index contributed by atoms with van der Waals surface area (Å²) in [5.41, 5.74) is 3.23. The van der Waals surface area contributed by atoms with E-state index in [1.165, 1.54) is 18.4 Å². The van der Waals surface area contributed by atoms with Crippen LogP contribution in [-0.2, 0) is 15.4 Å². The number of nitrogens with one attached hydrogen (secondary N) is 1. The zero-order chi connectivity index (χ0) is 20.1. The summed E-state index contributed by atoms with van der Waals surface area (Å²) < 4.78 is 28.6. The van der Waals surface area contributed by atoms with E-state index in [1.807, 2.05) is 17.0 Å². The van der Waals surface area contributed by atoms with Crippen LogP contribution in [0.4, 0.5) is 0 Å². The molecule has 1 aliphatic carbocycles. The Hall–Kier alpha value is -1.98. The first-order valence-corrected chi connectivity index (χ1v) is 11.4. The third-order valence-corrected chi connectivity index (χ3v) is 7.04. The minimum absolute atomic E-state index is 0.0255. The molecule has 1 saturated carbocycles. The summed E-state index contributed by atoms with van der Waals surface area (Å²) in [7, 11) is -3.69. The Morgan fingerprint density at radius 2 is 1.79 bits per heavy atom. The molecule has 0 radical (unpaired) electrons. The summed E-state index contributed by atoms with van der Waals surface area (Å²) in [4.78, 5) is 2.16. The minimum Gasteiger partial charge on any atom is -0.322 e. The monoisotopic (exact) mass is 416 g/mol. The van der Waals surface area contributed by atoms with Crippen LogP contribution < -0.4 is 4.72 Å². The number of rotatable bonds is 4. The number of benzene rings is 1. The van der Waals surface area contributed by atoms with Gasteiger partial charge < -0.3 is 4.90 Å². The molecule has 4 nitrogen and oxygen atoms in total. The van der Waals surface area contributed by atoms with Gasteiger partial charge in [0.25, 0.3) is 10.0 Å². The lowest BCUT2D eigenvalue weighted by Crippen LogP contribution is -2.37. The third-order valence-electron chi connectivity index (χ3n) is 5.35. The highest BCUT2D eigenvalue weighted by Crippen LogP contribution is 2.41. The van der Waals surface area contributed by atoms with E-state index < -0.39 is 10.0 Å². The van der Waals surface area contributed by atoms with E-state index in [-0.39, 0.29) is 10.3 Å². The second kappa shape index (κ2) is 6.82. The zero-order valence-electron chi connectivity index (χ0n) is 16.4. The summed E-state index contributed by atoms with van der Waals surface area (Å²) in [6, 6.07) is 7.06. The molecule has 1 fully saturated rings. The normalized spacial score (nSPS) is 19.9. The van der Waals surface area contributed by atoms with Gasteiger partial charge in [-0.1, -0.05) is 50.6 Å². The molecular formula is C22H25ClN2O2S. The van der Waals surface area contributed by atoms with Crippen molar-refractivity contribution in [3.8, 4) is 0 Å². The summed E-state index contributed by atoms with van der Waals surface area (Å²) in [6.07, 6.45) is 10.2. The molecule has 2 heterocycles. The van der Waals surface area contributed by atoms with Gasteiger partial charge in [-0.3, -0.25) is 4.72 Å². The number of halogens is 1. The summed E-state index contributed by atoms with van der Waals surface area (Å²) in [5.74, 6) is 1.15. The van der Waals surface area contributed by atoms with E-state index in [0.29, 0.717) is 23.3 Å². The summed E-state index contributed by atoms with van der Waals surface area (Å²) >= 11 is 6.40. The molecule has 148 valence electrons. The Kier molecular flexibility index (Phi) is 4.71. The predicted molar refractivity (Wildman–Crippen MR) is 113 cm³/mol. The average Bonchev–Trinajstić information content (AvgIpc) is 3.48. The lowest BCUT2D eigenvalue weighted by Gasteiger charge is -2.34. The van der Waals surface area contributed by atoms with Crippen molar-refractivity contribution >= 4 is 21.6 Å². The fourth-order valence-electron chi connectivity index (χ4n) is 3.46. The Balaban J connectivity index is 1.57. The maximum absolute atomic E-state index is 12.9. The van der Waals surface area contributed by atoms with Crippen LogP contribution in [0.2, 0.25) is 0 Å². The molecule has 28 heavy (non-hydrogen) atoms. The van der Waals surface area contributed by atoms with Gasteiger partial charge >= 0.3 is 0 Å². The van der Waals surface area contributed by atoms with Gasteiger partial charge in [-0.15, -0.1) is 0 Å². The lowest BCUT2D eigenvalue weighted by atomic mass is 9.87. The van der Waals surface area contributed by atoms with Crippen molar-refractivity contribution in [1.82, 2.24) is 9.62 Å². The first kappa shape index (κ1) is 19.3. The van der Waals surface area contributed by atoms with Crippen LogP contribution in [0.25, 0.3) is 0 Å². The molecule has 0 amide bonds. The maximum atomic E-state index is 12.9. The predicted octanol–water partition coefficient (Wildman–Crippen LogP) is 4.78. The first-order chi connectivity index (χ1) is 13.1. The van der Waals surface area contributed by atoms with Crippen LogP contribution in [-0.4, -0.2) is 19.9 Å². The molecule has 1 aromatic rings. The lowest BCUT2D eigenvalue weighted by molar-refractivity contribution is 0.449. The Bertz CT molecular complexity index is 1020. The maximum Gasteiger partial charge on any atom is 0.262 e. The van der Waals surface area contributed by atoms with E-state index in [0.717, 1.165) is 11.3 Å². The number of nitrogens with zero attached hydrogens (tertiary/aromatic N) is 1. The van der Waals surface area contributed by atoms with E-state index in [1.54, 1.807) is 24.3 Å². The van der Waals surface area contributed by atoms with Crippen LogP contribution in [0, 0.1) is 5.92 Å². The molecule has 4 rings (SSSR count). The van der Waals surface area contributed by atoms with Gasteiger partial charge in [-0.05, 0) is 65.7 Å². The van der Waals surface area contributed by atoms with E-state index in [2.05, 4.69) is 37.6 Å². The number of sulfonamides is 1. The molecule has 6 heteroatoms. The highest BCUT2D eigenvalue weighted by Gasteiger charge is 2.31. The van der Waals surface area contributed by atoms with Gasteiger partial charge in [0.05, 0.1) is 15.6 Å². The van der Waals surface area contributed by atoms with E-state index >= 15 is 0 Å². The summed E-state index contributed by atoms with van der Waals surface area (Å²) in [5, 5.41) is 0.628. The zero-order valence-corrected chi connectivity index (χ0v) is 17.9. The number of hydrogen-bond acceptors (Lipinski definition) is 3. The van der Waals surface area contributed by atoms with Crippen LogP contribution in [0.1, 0.15) is 39.2 Å².